The molecule has 0 unspecified atom stereocenters. The summed E-state index contributed by atoms with van der Waals surface area (Å²) in [5.74, 6) is -0.507. The Labute approximate surface area is 118 Å². The van der Waals surface area contributed by atoms with E-state index in [0.717, 1.165) is 0 Å². The lowest BCUT2D eigenvalue weighted by Crippen LogP contribution is -2.14. The van der Waals surface area contributed by atoms with E-state index in [9.17, 15) is 18.0 Å². The van der Waals surface area contributed by atoms with Crippen molar-refractivity contribution >= 4 is 27.5 Å². The fourth-order valence-corrected chi connectivity index (χ4v) is 2.36. The van der Waals surface area contributed by atoms with Gasteiger partial charge in [0.1, 0.15) is 6.61 Å². The molecular weight excluding hydrogens is 282 g/mol. The highest BCUT2D eigenvalue weighted by molar-refractivity contribution is 7.86. The van der Waals surface area contributed by atoms with Gasteiger partial charge in [-0.25, -0.2) is 0 Å². The van der Waals surface area contributed by atoms with Crippen molar-refractivity contribution in [3.05, 3.63) is 24.3 Å². The fourth-order valence-electron chi connectivity index (χ4n) is 1.47. The molecule has 0 fully saturated rings. The Kier molecular flexibility index (Phi) is 5.84. The second-order valence-electron chi connectivity index (χ2n) is 4.21. The van der Waals surface area contributed by atoms with Crippen molar-refractivity contribution in [2.75, 3.05) is 11.9 Å². The van der Waals surface area contributed by atoms with E-state index >= 15 is 0 Å². The van der Waals surface area contributed by atoms with E-state index in [1.165, 1.54) is 31.2 Å². The minimum atomic E-state index is -3.95. The second kappa shape index (κ2) is 7.16. The van der Waals surface area contributed by atoms with Crippen LogP contribution in [0.4, 0.5) is 5.69 Å². The molecule has 20 heavy (non-hydrogen) atoms. The van der Waals surface area contributed by atoms with Crippen molar-refractivity contribution in [2.24, 2.45) is 0 Å². The molecular formula is C13H17NO5S. The topological polar surface area (TPSA) is 89.5 Å². The second-order valence-corrected chi connectivity index (χ2v) is 5.83. The van der Waals surface area contributed by atoms with Gasteiger partial charge in [0, 0.05) is 19.0 Å². The molecule has 0 bridgehead atoms. The Bertz CT molecular complexity index is 577. The first-order valence-corrected chi connectivity index (χ1v) is 7.54. The van der Waals surface area contributed by atoms with E-state index in [-0.39, 0.29) is 23.0 Å². The summed E-state index contributed by atoms with van der Waals surface area (Å²) in [6, 6.07) is 5.52. The van der Waals surface area contributed by atoms with Gasteiger partial charge in [-0.05, 0) is 30.7 Å². The van der Waals surface area contributed by atoms with Crippen molar-refractivity contribution in [2.45, 2.75) is 31.6 Å². The first-order valence-electron chi connectivity index (χ1n) is 6.14. The third-order valence-corrected chi connectivity index (χ3v) is 3.64. The largest absolute Gasteiger partial charge is 0.326 e. The highest BCUT2D eigenvalue weighted by atomic mass is 32.2. The van der Waals surface area contributed by atoms with E-state index in [1.807, 2.05) is 6.92 Å². The third kappa shape index (κ3) is 5.10. The number of rotatable bonds is 7. The molecule has 0 aliphatic rings. The molecule has 0 aliphatic heterocycles. The van der Waals surface area contributed by atoms with Crippen LogP contribution in [0.5, 0.6) is 0 Å². The van der Waals surface area contributed by atoms with Crippen molar-refractivity contribution in [3.8, 4) is 0 Å². The predicted octanol–water partition coefficient (Wildman–Crippen LogP) is 1.72. The number of carbonyl (C=O) groups is 2. The van der Waals surface area contributed by atoms with E-state index in [1.54, 1.807) is 0 Å². The first-order chi connectivity index (χ1) is 9.35. The molecule has 0 saturated carbocycles. The van der Waals surface area contributed by atoms with E-state index < -0.39 is 16.7 Å². The molecule has 7 heteroatoms. The van der Waals surface area contributed by atoms with Crippen LogP contribution in [0.2, 0.25) is 0 Å². The average Bonchev–Trinajstić information content (AvgIpc) is 2.37. The number of ketones is 1. The maximum Gasteiger partial charge on any atom is 0.297 e. The summed E-state index contributed by atoms with van der Waals surface area (Å²) < 4.78 is 28.3. The number of benzene rings is 1. The number of hydrogen-bond acceptors (Lipinski definition) is 5. The van der Waals surface area contributed by atoms with Crippen molar-refractivity contribution in [3.63, 3.8) is 0 Å². The molecule has 0 aromatic heterocycles. The minimum Gasteiger partial charge on any atom is -0.326 e. The molecule has 1 aromatic carbocycles. The van der Waals surface area contributed by atoms with Crippen LogP contribution in [0, 0.1) is 0 Å². The summed E-state index contributed by atoms with van der Waals surface area (Å²) in [7, 11) is -3.95. The molecule has 0 heterocycles. The normalized spacial score (nSPS) is 11.1. The standard InChI is InChI=1S/C13H17NO5S/c1-3-4-12(16)9-19-20(17,18)13-7-5-11(6-8-13)14-10(2)15/h5-8H,3-4,9H2,1-2H3,(H,14,15). The van der Waals surface area contributed by atoms with Crippen molar-refractivity contribution in [1.29, 1.82) is 0 Å². The molecule has 1 N–H and O–H groups in total. The summed E-state index contributed by atoms with van der Waals surface area (Å²) in [6.07, 6.45) is 0.935. The number of Topliss-reactive ketones (excluding diaryl/α,β-unsaturated/α-hetero) is 1. The zero-order valence-corrected chi connectivity index (χ0v) is 12.2. The minimum absolute atomic E-state index is 0.0594. The monoisotopic (exact) mass is 299 g/mol. The Balaban J connectivity index is 2.72. The summed E-state index contributed by atoms with van der Waals surface area (Å²) in [5.41, 5.74) is 0.485. The smallest absolute Gasteiger partial charge is 0.297 e. The summed E-state index contributed by atoms with van der Waals surface area (Å²) in [6.45, 7) is 2.73. The third-order valence-electron chi connectivity index (χ3n) is 2.37. The Hall–Kier alpha value is -1.73. The Morgan fingerprint density at radius 3 is 2.30 bits per heavy atom. The zero-order chi connectivity index (χ0) is 15.2. The van der Waals surface area contributed by atoms with Gasteiger partial charge >= 0.3 is 0 Å². The van der Waals surface area contributed by atoms with Crippen LogP contribution in [0.3, 0.4) is 0 Å². The molecule has 0 spiro atoms. The lowest BCUT2D eigenvalue weighted by molar-refractivity contribution is -0.121. The Morgan fingerprint density at radius 2 is 1.80 bits per heavy atom. The molecule has 110 valence electrons. The first kappa shape index (κ1) is 16.3. The predicted molar refractivity (Wildman–Crippen MR) is 73.8 cm³/mol. The van der Waals surface area contributed by atoms with Gasteiger partial charge in [0.2, 0.25) is 5.91 Å². The molecule has 0 saturated heterocycles. The number of carbonyl (C=O) groups excluding carboxylic acids is 2. The highest BCUT2D eigenvalue weighted by Gasteiger charge is 2.16. The number of hydrogen-bond donors (Lipinski definition) is 1. The van der Waals surface area contributed by atoms with E-state index in [4.69, 9.17) is 0 Å². The highest BCUT2D eigenvalue weighted by Crippen LogP contribution is 2.16. The molecule has 0 radical (unpaired) electrons. The van der Waals surface area contributed by atoms with Gasteiger partial charge in [0.05, 0.1) is 4.90 Å². The molecule has 6 nitrogen and oxygen atoms in total. The summed E-state index contributed by atoms with van der Waals surface area (Å²) >= 11 is 0. The maximum atomic E-state index is 11.8. The van der Waals surface area contributed by atoms with Crippen LogP contribution in [0.15, 0.2) is 29.2 Å². The van der Waals surface area contributed by atoms with Gasteiger partial charge in [0.25, 0.3) is 10.1 Å². The van der Waals surface area contributed by atoms with Crippen LogP contribution >= 0.6 is 0 Å². The molecule has 0 atom stereocenters. The van der Waals surface area contributed by atoms with Crippen LogP contribution in [-0.4, -0.2) is 26.7 Å². The van der Waals surface area contributed by atoms with Crippen LogP contribution in [0.1, 0.15) is 26.7 Å². The number of nitrogens with one attached hydrogen (secondary N) is 1. The Morgan fingerprint density at radius 1 is 1.20 bits per heavy atom. The van der Waals surface area contributed by atoms with Gasteiger partial charge in [-0.1, -0.05) is 6.92 Å². The van der Waals surface area contributed by atoms with Gasteiger partial charge in [0.15, 0.2) is 5.78 Å². The van der Waals surface area contributed by atoms with E-state index in [0.29, 0.717) is 12.1 Å². The molecule has 1 aromatic rings. The zero-order valence-electron chi connectivity index (χ0n) is 11.4. The molecule has 1 amide bonds. The number of amides is 1. The van der Waals surface area contributed by atoms with Gasteiger partial charge < -0.3 is 5.32 Å². The summed E-state index contributed by atoms with van der Waals surface area (Å²) in [5, 5.41) is 2.52. The van der Waals surface area contributed by atoms with Crippen LogP contribution < -0.4 is 5.32 Å². The quantitative estimate of drug-likeness (QED) is 0.774. The maximum absolute atomic E-state index is 11.8. The molecule has 0 aliphatic carbocycles. The fraction of sp³-hybridized carbons (Fsp3) is 0.385. The van der Waals surface area contributed by atoms with E-state index in [2.05, 4.69) is 9.50 Å². The number of anilines is 1. The van der Waals surface area contributed by atoms with Crippen LogP contribution in [-0.2, 0) is 23.9 Å². The molecule has 1 rings (SSSR count). The lowest BCUT2D eigenvalue weighted by Gasteiger charge is -2.06. The van der Waals surface area contributed by atoms with Crippen molar-refractivity contribution < 1.29 is 22.2 Å². The SMILES string of the molecule is CCCC(=O)COS(=O)(=O)c1ccc(NC(C)=O)cc1. The average molecular weight is 299 g/mol. The van der Waals surface area contributed by atoms with Gasteiger partial charge in [-0.15, -0.1) is 0 Å². The summed E-state index contributed by atoms with van der Waals surface area (Å²) in [4.78, 5) is 22.0. The van der Waals surface area contributed by atoms with Gasteiger partial charge in [-0.3, -0.25) is 13.8 Å². The van der Waals surface area contributed by atoms with Crippen LogP contribution in [0.25, 0.3) is 0 Å². The lowest BCUT2D eigenvalue weighted by atomic mass is 10.2. The van der Waals surface area contributed by atoms with Gasteiger partial charge in [-0.2, -0.15) is 8.42 Å². The van der Waals surface area contributed by atoms with Crippen molar-refractivity contribution in [1.82, 2.24) is 0 Å².